The molecule has 0 aliphatic rings. The summed E-state index contributed by atoms with van der Waals surface area (Å²) < 4.78 is 4.79. The molecule has 0 atom stereocenters. The zero-order valence-corrected chi connectivity index (χ0v) is 19.9. The maximum absolute atomic E-state index is 13.5. The fraction of sp³-hybridized carbons (Fsp3) is 0.500. The van der Waals surface area contributed by atoms with E-state index in [-0.39, 0.29) is 29.1 Å². The van der Waals surface area contributed by atoms with Crippen molar-refractivity contribution in [2.45, 2.75) is 66.1 Å². The molecular weight excluding hydrogens is 406 g/mol. The molecule has 0 bridgehead atoms. The van der Waals surface area contributed by atoms with Crippen molar-refractivity contribution in [3.05, 3.63) is 62.6 Å². The number of aromatic nitrogens is 4. The van der Waals surface area contributed by atoms with Crippen molar-refractivity contribution < 1.29 is 4.79 Å². The summed E-state index contributed by atoms with van der Waals surface area (Å²) >= 11 is 0. The summed E-state index contributed by atoms with van der Waals surface area (Å²) in [5, 5.41) is 0. The monoisotopic (exact) mass is 439 g/mol. The molecular formula is C24H33N5O3. The van der Waals surface area contributed by atoms with Crippen molar-refractivity contribution in [1.82, 2.24) is 23.6 Å². The highest BCUT2D eigenvalue weighted by atomic mass is 16.2. The minimum absolute atomic E-state index is 0.0823. The van der Waals surface area contributed by atoms with E-state index in [0.717, 1.165) is 11.4 Å². The molecule has 0 aliphatic carbocycles. The Morgan fingerprint density at radius 1 is 1.03 bits per heavy atom. The molecule has 0 saturated heterocycles. The highest BCUT2D eigenvalue weighted by Crippen LogP contribution is 2.25. The molecule has 1 amide bonds. The van der Waals surface area contributed by atoms with Gasteiger partial charge in [-0.3, -0.25) is 18.7 Å². The molecule has 2 heterocycles. The van der Waals surface area contributed by atoms with Crippen molar-refractivity contribution in [3.8, 4) is 0 Å². The number of fused-ring (bicyclic) bond motifs is 1. The van der Waals surface area contributed by atoms with Gasteiger partial charge in [-0.1, -0.05) is 58.0 Å². The van der Waals surface area contributed by atoms with Crippen LogP contribution in [0.2, 0.25) is 0 Å². The van der Waals surface area contributed by atoms with Crippen molar-refractivity contribution in [1.29, 1.82) is 0 Å². The maximum Gasteiger partial charge on any atom is 0.332 e. The van der Waals surface area contributed by atoms with Crippen LogP contribution >= 0.6 is 0 Å². The van der Waals surface area contributed by atoms with E-state index in [0.29, 0.717) is 37.2 Å². The van der Waals surface area contributed by atoms with E-state index < -0.39 is 0 Å². The zero-order valence-electron chi connectivity index (χ0n) is 19.9. The van der Waals surface area contributed by atoms with Crippen LogP contribution in [0.15, 0.2) is 39.9 Å². The standard InChI is InChI=1S/C24H33N5O3/c1-7-13-28-21(31)19-20(27(23(28)32)15-14-26(6)17(2)30)25-22(24(3,4)5)29(19)16-18-11-9-8-10-12-18/h8-12H,7,13-16H2,1-6H3. The van der Waals surface area contributed by atoms with Gasteiger partial charge in [-0.25, -0.2) is 9.78 Å². The Bertz CT molecular complexity index is 1230. The van der Waals surface area contributed by atoms with Gasteiger partial charge in [-0.05, 0) is 12.0 Å². The highest BCUT2D eigenvalue weighted by molar-refractivity contribution is 5.73. The molecule has 32 heavy (non-hydrogen) atoms. The van der Waals surface area contributed by atoms with Crippen LogP contribution in [0.4, 0.5) is 0 Å². The number of rotatable bonds is 7. The second kappa shape index (κ2) is 9.14. The second-order valence-corrected chi connectivity index (χ2v) is 9.26. The van der Waals surface area contributed by atoms with Crippen LogP contribution < -0.4 is 11.2 Å². The molecule has 3 rings (SSSR count). The number of likely N-dealkylation sites (N-methyl/N-ethyl adjacent to an activating group) is 1. The molecule has 0 spiro atoms. The first kappa shape index (κ1) is 23.5. The van der Waals surface area contributed by atoms with Gasteiger partial charge in [0.15, 0.2) is 11.2 Å². The quantitative estimate of drug-likeness (QED) is 0.567. The molecule has 172 valence electrons. The SMILES string of the molecule is CCCn1c(=O)c2c(nc(C(C)(C)C)n2Cc2ccccc2)n(CCN(C)C(C)=O)c1=O. The molecule has 0 saturated carbocycles. The molecule has 8 heteroatoms. The number of nitrogens with zero attached hydrogens (tertiary/aromatic N) is 5. The summed E-state index contributed by atoms with van der Waals surface area (Å²) in [6, 6.07) is 9.92. The molecule has 0 fully saturated rings. The van der Waals surface area contributed by atoms with Gasteiger partial charge in [0.05, 0.1) is 0 Å². The number of amides is 1. The Morgan fingerprint density at radius 3 is 2.25 bits per heavy atom. The number of hydrogen-bond donors (Lipinski definition) is 0. The number of carbonyl (C=O) groups excluding carboxylic acids is 1. The normalized spacial score (nSPS) is 11.8. The van der Waals surface area contributed by atoms with Crippen molar-refractivity contribution in [2.75, 3.05) is 13.6 Å². The summed E-state index contributed by atoms with van der Waals surface area (Å²) in [4.78, 5) is 44.9. The predicted octanol–water partition coefficient (Wildman–Crippen LogP) is 2.59. The summed E-state index contributed by atoms with van der Waals surface area (Å²) in [6.07, 6.45) is 0.660. The lowest BCUT2D eigenvalue weighted by Crippen LogP contribution is -2.42. The van der Waals surface area contributed by atoms with Crippen molar-refractivity contribution in [2.24, 2.45) is 0 Å². The lowest BCUT2D eigenvalue weighted by Gasteiger charge is -2.20. The lowest BCUT2D eigenvalue weighted by atomic mass is 9.95. The first-order valence-electron chi connectivity index (χ1n) is 11.1. The summed E-state index contributed by atoms with van der Waals surface area (Å²) in [5.74, 6) is 0.664. The first-order valence-corrected chi connectivity index (χ1v) is 11.1. The predicted molar refractivity (Wildman–Crippen MR) is 126 cm³/mol. The maximum atomic E-state index is 13.5. The van der Waals surface area contributed by atoms with E-state index in [1.54, 1.807) is 16.5 Å². The molecule has 0 N–H and O–H groups in total. The van der Waals surface area contributed by atoms with Crippen LogP contribution in [-0.4, -0.2) is 43.1 Å². The summed E-state index contributed by atoms with van der Waals surface area (Å²) in [5.41, 5.74) is 0.815. The van der Waals surface area contributed by atoms with Crippen LogP contribution in [0.3, 0.4) is 0 Å². The van der Waals surface area contributed by atoms with E-state index >= 15 is 0 Å². The molecule has 2 aromatic heterocycles. The van der Waals surface area contributed by atoms with Gasteiger partial charge in [-0.15, -0.1) is 0 Å². The van der Waals surface area contributed by atoms with Gasteiger partial charge in [0, 0.05) is 45.6 Å². The third-order valence-electron chi connectivity index (χ3n) is 5.61. The van der Waals surface area contributed by atoms with E-state index in [2.05, 4.69) is 0 Å². The van der Waals surface area contributed by atoms with E-state index in [9.17, 15) is 14.4 Å². The number of benzene rings is 1. The largest absolute Gasteiger partial charge is 0.344 e. The number of imidazole rings is 1. The molecule has 3 aromatic rings. The topological polar surface area (TPSA) is 82.1 Å². The van der Waals surface area contributed by atoms with Crippen LogP contribution in [0.5, 0.6) is 0 Å². The molecule has 8 nitrogen and oxygen atoms in total. The first-order chi connectivity index (χ1) is 15.1. The van der Waals surface area contributed by atoms with Gasteiger partial charge in [0.1, 0.15) is 5.82 Å². The number of hydrogen-bond acceptors (Lipinski definition) is 4. The number of carbonyl (C=O) groups is 1. The fourth-order valence-corrected chi connectivity index (χ4v) is 3.81. The van der Waals surface area contributed by atoms with Crippen LogP contribution in [0.1, 0.15) is 52.4 Å². The second-order valence-electron chi connectivity index (χ2n) is 9.26. The molecule has 0 unspecified atom stereocenters. The third-order valence-corrected chi connectivity index (χ3v) is 5.61. The Balaban J connectivity index is 2.32. The van der Waals surface area contributed by atoms with E-state index in [4.69, 9.17) is 4.98 Å². The third kappa shape index (κ3) is 4.54. The summed E-state index contributed by atoms with van der Waals surface area (Å²) in [7, 11) is 1.70. The molecule has 0 radical (unpaired) electrons. The minimum Gasteiger partial charge on any atom is -0.344 e. The Morgan fingerprint density at radius 2 is 1.69 bits per heavy atom. The molecule has 0 aliphatic heterocycles. The van der Waals surface area contributed by atoms with Gasteiger partial charge in [0.25, 0.3) is 5.56 Å². The lowest BCUT2D eigenvalue weighted by molar-refractivity contribution is -0.127. The van der Waals surface area contributed by atoms with Crippen molar-refractivity contribution >= 4 is 17.1 Å². The van der Waals surface area contributed by atoms with Gasteiger partial charge in [-0.2, -0.15) is 0 Å². The van der Waals surface area contributed by atoms with Crippen LogP contribution in [0.25, 0.3) is 11.2 Å². The van der Waals surface area contributed by atoms with Gasteiger partial charge < -0.3 is 9.47 Å². The van der Waals surface area contributed by atoms with E-state index in [1.807, 2.05) is 62.6 Å². The average Bonchev–Trinajstić information content (AvgIpc) is 3.11. The highest BCUT2D eigenvalue weighted by Gasteiger charge is 2.27. The zero-order chi connectivity index (χ0) is 23.6. The smallest absolute Gasteiger partial charge is 0.332 e. The minimum atomic E-state index is -0.383. The van der Waals surface area contributed by atoms with Gasteiger partial charge >= 0.3 is 5.69 Å². The summed E-state index contributed by atoms with van der Waals surface area (Å²) in [6.45, 7) is 11.0. The Kier molecular flexibility index (Phi) is 6.71. The van der Waals surface area contributed by atoms with Crippen LogP contribution in [0, 0.1) is 0 Å². The molecule has 1 aromatic carbocycles. The fourth-order valence-electron chi connectivity index (χ4n) is 3.81. The Labute approximate surface area is 188 Å². The average molecular weight is 440 g/mol. The van der Waals surface area contributed by atoms with Gasteiger partial charge in [0.2, 0.25) is 5.91 Å². The van der Waals surface area contributed by atoms with E-state index in [1.165, 1.54) is 11.5 Å². The Hall–Kier alpha value is -3.16. The van der Waals surface area contributed by atoms with Crippen molar-refractivity contribution in [3.63, 3.8) is 0 Å². The van der Waals surface area contributed by atoms with Crippen LogP contribution in [-0.2, 0) is 29.8 Å².